The van der Waals surface area contributed by atoms with E-state index in [1.165, 1.54) is 0 Å². The zero-order valence-corrected chi connectivity index (χ0v) is 12.7. The van der Waals surface area contributed by atoms with Gasteiger partial charge in [0, 0.05) is 37.5 Å². The average Bonchev–Trinajstić information content (AvgIpc) is 2.48. The van der Waals surface area contributed by atoms with Crippen LogP contribution in [0, 0.1) is 0 Å². The van der Waals surface area contributed by atoms with E-state index in [9.17, 15) is 4.79 Å². The number of amides is 1. The normalized spacial score (nSPS) is 19.4. The molecule has 1 aromatic rings. The Balaban J connectivity index is 1.72. The molecule has 1 aliphatic heterocycles. The number of likely N-dealkylation sites (tertiary alicyclic amines) is 1. The summed E-state index contributed by atoms with van der Waals surface area (Å²) >= 11 is 0. The Labute approximate surface area is 126 Å². The zero-order chi connectivity index (χ0) is 15.1. The van der Waals surface area contributed by atoms with Crippen LogP contribution >= 0.6 is 0 Å². The number of rotatable bonds is 6. The molecule has 0 spiro atoms. The van der Waals surface area contributed by atoms with Gasteiger partial charge in [-0.25, -0.2) is 0 Å². The highest BCUT2D eigenvalue weighted by molar-refractivity contribution is 5.90. The number of nitrogens with two attached hydrogens (primary N) is 1. The van der Waals surface area contributed by atoms with E-state index in [4.69, 9.17) is 10.5 Å². The molecule has 5 nitrogen and oxygen atoms in total. The number of carbonyl (C=O) groups excluding carboxylic acids is 1. The monoisotopic (exact) mass is 291 g/mol. The van der Waals surface area contributed by atoms with E-state index >= 15 is 0 Å². The molecule has 1 aliphatic rings. The van der Waals surface area contributed by atoms with Crippen LogP contribution in [0.5, 0.6) is 0 Å². The Hall–Kier alpha value is -1.59. The summed E-state index contributed by atoms with van der Waals surface area (Å²) in [5, 5.41) is 2.89. The van der Waals surface area contributed by atoms with Crippen LogP contribution in [0.1, 0.15) is 26.2 Å². The van der Waals surface area contributed by atoms with Crippen molar-refractivity contribution >= 4 is 17.3 Å². The molecule has 1 atom stereocenters. The number of piperidine rings is 1. The lowest BCUT2D eigenvalue weighted by molar-refractivity contribution is -0.116. The quantitative estimate of drug-likeness (QED) is 0.788. The van der Waals surface area contributed by atoms with Crippen LogP contribution in [0.3, 0.4) is 0 Å². The standard InChI is InChI=1S/C16H25N3O2/c1-2-21-15-4-3-10-19(12-15)11-9-16(20)18-14-7-5-13(17)6-8-14/h5-8,15H,2-4,9-12,17H2,1H3,(H,18,20). The highest BCUT2D eigenvalue weighted by Gasteiger charge is 2.20. The molecule has 3 N–H and O–H groups in total. The van der Waals surface area contributed by atoms with Gasteiger partial charge in [-0.2, -0.15) is 0 Å². The molecule has 0 aliphatic carbocycles. The predicted octanol–water partition coefficient (Wildman–Crippen LogP) is 2.10. The molecule has 116 valence electrons. The molecule has 0 radical (unpaired) electrons. The van der Waals surface area contributed by atoms with Crippen LogP contribution in [0.25, 0.3) is 0 Å². The minimum absolute atomic E-state index is 0.0401. The lowest BCUT2D eigenvalue weighted by atomic mass is 10.1. The first-order valence-electron chi connectivity index (χ1n) is 7.66. The Morgan fingerprint density at radius 3 is 2.90 bits per heavy atom. The first kappa shape index (κ1) is 15.8. The minimum Gasteiger partial charge on any atom is -0.399 e. The highest BCUT2D eigenvalue weighted by atomic mass is 16.5. The van der Waals surface area contributed by atoms with Crippen molar-refractivity contribution in [3.05, 3.63) is 24.3 Å². The number of anilines is 2. The van der Waals surface area contributed by atoms with Crippen molar-refractivity contribution in [1.82, 2.24) is 4.90 Å². The summed E-state index contributed by atoms with van der Waals surface area (Å²) in [6.07, 6.45) is 3.10. The Bertz CT molecular complexity index is 445. The summed E-state index contributed by atoms with van der Waals surface area (Å²) in [6, 6.07) is 7.21. The number of carbonyl (C=O) groups is 1. The third kappa shape index (κ3) is 5.36. The summed E-state index contributed by atoms with van der Waals surface area (Å²) in [5.74, 6) is 0.0401. The number of hydrogen-bond donors (Lipinski definition) is 2. The maximum absolute atomic E-state index is 11.9. The minimum atomic E-state index is 0.0401. The SMILES string of the molecule is CCOC1CCCN(CCC(=O)Nc2ccc(N)cc2)C1. The molecule has 21 heavy (non-hydrogen) atoms. The van der Waals surface area contributed by atoms with E-state index in [1.807, 2.05) is 19.1 Å². The first-order chi connectivity index (χ1) is 10.2. The van der Waals surface area contributed by atoms with Gasteiger partial charge < -0.3 is 20.7 Å². The smallest absolute Gasteiger partial charge is 0.225 e. The maximum atomic E-state index is 11.9. The summed E-state index contributed by atoms with van der Waals surface area (Å²) in [6.45, 7) is 5.56. The van der Waals surface area contributed by atoms with Gasteiger partial charge in [-0.3, -0.25) is 4.79 Å². The molecule has 0 bridgehead atoms. The molecule has 1 saturated heterocycles. The summed E-state index contributed by atoms with van der Waals surface area (Å²) in [5.41, 5.74) is 7.11. The molecule has 2 rings (SSSR count). The second-order valence-electron chi connectivity index (χ2n) is 5.44. The number of nitrogens with zero attached hydrogens (tertiary/aromatic N) is 1. The van der Waals surface area contributed by atoms with E-state index in [1.54, 1.807) is 12.1 Å². The van der Waals surface area contributed by atoms with E-state index in [-0.39, 0.29) is 5.91 Å². The second-order valence-corrected chi connectivity index (χ2v) is 5.44. The van der Waals surface area contributed by atoms with Crippen LogP contribution in [0.2, 0.25) is 0 Å². The van der Waals surface area contributed by atoms with Gasteiger partial charge in [0.15, 0.2) is 0 Å². The number of ether oxygens (including phenoxy) is 1. The Morgan fingerprint density at radius 2 is 2.19 bits per heavy atom. The average molecular weight is 291 g/mol. The van der Waals surface area contributed by atoms with Crippen molar-refractivity contribution in [1.29, 1.82) is 0 Å². The van der Waals surface area contributed by atoms with E-state index in [0.29, 0.717) is 18.2 Å². The summed E-state index contributed by atoms with van der Waals surface area (Å²) in [7, 11) is 0. The second kappa shape index (κ2) is 8.00. The van der Waals surface area contributed by atoms with Crippen molar-refractivity contribution < 1.29 is 9.53 Å². The van der Waals surface area contributed by atoms with Gasteiger partial charge in [0.2, 0.25) is 5.91 Å². The molecule has 0 saturated carbocycles. The van der Waals surface area contributed by atoms with E-state index in [2.05, 4.69) is 10.2 Å². The number of benzene rings is 1. The molecule has 1 aromatic carbocycles. The van der Waals surface area contributed by atoms with Crippen LogP contribution in [-0.2, 0) is 9.53 Å². The third-order valence-electron chi connectivity index (χ3n) is 3.71. The molecule has 5 heteroatoms. The van der Waals surface area contributed by atoms with Crippen molar-refractivity contribution in [2.45, 2.75) is 32.3 Å². The molecular weight excluding hydrogens is 266 g/mol. The molecule has 0 aromatic heterocycles. The fourth-order valence-corrected chi connectivity index (χ4v) is 2.64. The van der Waals surface area contributed by atoms with Crippen LogP contribution in [-0.4, -0.2) is 43.2 Å². The molecular formula is C16H25N3O2. The van der Waals surface area contributed by atoms with E-state index < -0.39 is 0 Å². The Kier molecular flexibility index (Phi) is 6.02. The highest BCUT2D eigenvalue weighted by Crippen LogP contribution is 2.14. The molecule has 1 fully saturated rings. The molecule has 1 heterocycles. The third-order valence-corrected chi connectivity index (χ3v) is 3.71. The van der Waals surface area contributed by atoms with Crippen LogP contribution in [0.4, 0.5) is 11.4 Å². The van der Waals surface area contributed by atoms with Crippen molar-refractivity contribution in [2.24, 2.45) is 0 Å². The van der Waals surface area contributed by atoms with Gasteiger partial charge in [0.05, 0.1) is 6.10 Å². The van der Waals surface area contributed by atoms with E-state index in [0.717, 1.165) is 44.8 Å². The summed E-state index contributed by atoms with van der Waals surface area (Å²) in [4.78, 5) is 14.3. The van der Waals surface area contributed by atoms with Gasteiger partial charge >= 0.3 is 0 Å². The fraction of sp³-hybridized carbons (Fsp3) is 0.562. The fourth-order valence-electron chi connectivity index (χ4n) is 2.64. The van der Waals surface area contributed by atoms with Crippen molar-refractivity contribution in [3.8, 4) is 0 Å². The van der Waals surface area contributed by atoms with Gasteiger partial charge in [0.25, 0.3) is 0 Å². The van der Waals surface area contributed by atoms with Gasteiger partial charge in [-0.15, -0.1) is 0 Å². The molecule has 1 unspecified atom stereocenters. The topological polar surface area (TPSA) is 67.6 Å². The lowest BCUT2D eigenvalue weighted by Crippen LogP contribution is -2.40. The zero-order valence-electron chi connectivity index (χ0n) is 12.7. The van der Waals surface area contributed by atoms with Gasteiger partial charge in [0.1, 0.15) is 0 Å². The number of hydrogen-bond acceptors (Lipinski definition) is 4. The molecule has 1 amide bonds. The lowest BCUT2D eigenvalue weighted by Gasteiger charge is -2.32. The van der Waals surface area contributed by atoms with Crippen molar-refractivity contribution in [3.63, 3.8) is 0 Å². The predicted molar refractivity (Wildman–Crippen MR) is 85.2 cm³/mol. The Morgan fingerprint density at radius 1 is 1.43 bits per heavy atom. The number of nitrogen functional groups attached to an aromatic ring is 1. The largest absolute Gasteiger partial charge is 0.399 e. The van der Waals surface area contributed by atoms with Gasteiger partial charge in [-0.05, 0) is 50.6 Å². The van der Waals surface area contributed by atoms with Crippen molar-refractivity contribution in [2.75, 3.05) is 37.3 Å². The first-order valence-corrected chi connectivity index (χ1v) is 7.66. The summed E-state index contributed by atoms with van der Waals surface area (Å²) < 4.78 is 5.67. The van der Waals surface area contributed by atoms with Crippen LogP contribution in [0.15, 0.2) is 24.3 Å². The number of nitrogens with one attached hydrogen (secondary N) is 1. The van der Waals surface area contributed by atoms with Gasteiger partial charge in [-0.1, -0.05) is 0 Å². The maximum Gasteiger partial charge on any atom is 0.225 e. The van der Waals surface area contributed by atoms with Crippen LogP contribution < -0.4 is 11.1 Å².